The van der Waals surface area contributed by atoms with Crippen LogP contribution in [-0.2, 0) is 15.5 Å². The van der Waals surface area contributed by atoms with E-state index in [0.717, 1.165) is 42.0 Å². The maximum atomic E-state index is 14.6. The predicted octanol–water partition coefficient (Wildman–Crippen LogP) is 4.36. The van der Waals surface area contributed by atoms with Gasteiger partial charge in [0.1, 0.15) is 16.0 Å². The molecule has 1 aliphatic rings. The highest BCUT2D eigenvalue weighted by atomic mass is 32.2. The maximum absolute atomic E-state index is 14.6. The largest absolute Gasteiger partial charge is 0.228 e. The molecule has 0 amide bonds. The molecule has 0 aliphatic carbocycles. The summed E-state index contributed by atoms with van der Waals surface area (Å²) in [5.41, 5.74) is 1.74. The number of aryl methyl sites for hydroxylation is 1. The molecule has 1 saturated heterocycles. The summed E-state index contributed by atoms with van der Waals surface area (Å²) in [7, 11) is -2.84. The average molecular weight is 439 g/mol. The van der Waals surface area contributed by atoms with Gasteiger partial charge in [0, 0.05) is 13.1 Å². The third kappa shape index (κ3) is 4.41. The second kappa shape index (κ2) is 8.51. The average Bonchev–Trinajstić information content (AvgIpc) is 3.45. The predicted molar refractivity (Wildman–Crippen MR) is 122 cm³/mol. The molecule has 2 aromatic carbocycles. The van der Waals surface area contributed by atoms with Crippen molar-refractivity contribution in [2.75, 3.05) is 13.1 Å². The minimum absolute atomic E-state index is 0.335. The number of aromatic nitrogens is 4. The van der Waals surface area contributed by atoms with E-state index in [0.29, 0.717) is 5.82 Å². The van der Waals surface area contributed by atoms with Crippen LogP contribution in [0.2, 0.25) is 0 Å². The van der Waals surface area contributed by atoms with Gasteiger partial charge in [0.05, 0.1) is 10.4 Å². The minimum atomic E-state index is -2.84. The van der Waals surface area contributed by atoms with Gasteiger partial charge in [-0.15, -0.1) is 5.10 Å². The molecule has 0 saturated carbocycles. The smallest absolute Gasteiger partial charge is 0.181 e. The molecular weight excluding hydrogens is 408 g/mol. The highest BCUT2D eigenvalue weighted by Crippen LogP contribution is 2.33. The molecule has 2 atom stereocenters. The van der Waals surface area contributed by atoms with Crippen LogP contribution in [-0.4, -0.2) is 41.8 Å². The van der Waals surface area contributed by atoms with Crippen molar-refractivity contribution in [3.63, 3.8) is 0 Å². The van der Waals surface area contributed by atoms with Crippen molar-refractivity contribution >= 4 is 9.92 Å². The van der Waals surface area contributed by atoms with Crippen LogP contribution in [0.5, 0.6) is 0 Å². The van der Waals surface area contributed by atoms with Gasteiger partial charge < -0.3 is 0 Å². The van der Waals surface area contributed by atoms with Crippen molar-refractivity contribution in [2.45, 2.75) is 57.0 Å². The summed E-state index contributed by atoms with van der Waals surface area (Å²) in [5, 5.41) is 12.5. The zero-order chi connectivity index (χ0) is 22.1. The van der Waals surface area contributed by atoms with Crippen LogP contribution in [0.4, 0.5) is 0 Å². The second-order valence-electron chi connectivity index (χ2n) is 8.98. The molecule has 2 unspecified atom stereocenters. The van der Waals surface area contributed by atoms with Crippen molar-refractivity contribution in [1.29, 1.82) is 0 Å². The van der Waals surface area contributed by atoms with Crippen LogP contribution in [0.1, 0.15) is 56.6 Å². The van der Waals surface area contributed by atoms with Crippen LogP contribution in [0.3, 0.4) is 0 Å². The molecule has 164 valence electrons. The van der Waals surface area contributed by atoms with E-state index < -0.39 is 16.0 Å². The zero-order valence-corrected chi connectivity index (χ0v) is 19.4. The normalized spacial score (nSPS) is 17.9. The molecule has 7 nitrogen and oxygen atoms in total. The lowest BCUT2D eigenvalue weighted by atomic mass is 10.0. The fraction of sp³-hybridized carbons (Fsp3) is 0.435. The topological polar surface area (TPSA) is 76.3 Å². The van der Waals surface area contributed by atoms with Gasteiger partial charge in [-0.05, 0) is 68.7 Å². The first-order valence-electron chi connectivity index (χ1n) is 10.7. The lowest BCUT2D eigenvalue weighted by Crippen LogP contribution is -2.30. The summed E-state index contributed by atoms with van der Waals surface area (Å²) >= 11 is 0. The van der Waals surface area contributed by atoms with Gasteiger partial charge in [0.15, 0.2) is 5.82 Å². The Bertz CT molecular complexity index is 1130. The van der Waals surface area contributed by atoms with Crippen LogP contribution in [0, 0.1) is 6.92 Å². The van der Waals surface area contributed by atoms with Crippen molar-refractivity contribution in [2.24, 2.45) is 4.36 Å². The Morgan fingerprint density at radius 3 is 2.26 bits per heavy atom. The highest BCUT2D eigenvalue weighted by Gasteiger charge is 2.32. The molecule has 1 aliphatic heterocycles. The molecular formula is C23H30N6OS. The Morgan fingerprint density at radius 1 is 1.00 bits per heavy atom. The summed E-state index contributed by atoms with van der Waals surface area (Å²) in [6, 6.07) is 17.2. The molecule has 0 radical (unpaired) electrons. The summed E-state index contributed by atoms with van der Waals surface area (Å²) in [6.07, 6.45) is 2.04. The van der Waals surface area contributed by atoms with E-state index >= 15 is 0 Å². The van der Waals surface area contributed by atoms with Crippen LogP contribution < -0.4 is 0 Å². The fourth-order valence-electron chi connectivity index (χ4n) is 3.80. The van der Waals surface area contributed by atoms with Gasteiger partial charge >= 0.3 is 0 Å². The van der Waals surface area contributed by atoms with Crippen LogP contribution in [0.25, 0.3) is 0 Å². The zero-order valence-electron chi connectivity index (χ0n) is 18.6. The van der Waals surface area contributed by atoms with E-state index in [9.17, 15) is 4.21 Å². The lowest BCUT2D eigenvalue weighted by molar-refractivity contribution is 0.331. The fourth-order valence-corrected chi connectivity index (χ4v) is 6.12. The standard InChI is InChI=1S/C23H30N6OS/c1-18-12-14-19(15-13-18)21(22-24-26-27-29(22)23(2,3)4)25-31(30,28-16-8-9-17-28)20-10-6-5-7-11-20/h5-7,10-15,21H,8-9,16-17H2,1-4H3. The number of tetrazole rings is 1. The number of hydrogen-bond donors (Lipinski definition) is 0. The summed E-state index contributed by atoms with van der Waals surface area (Å²) in [6.45, 7) is 9.73. The van der Waals surface area contributed by atoms with Gasteiger partial charge in [0.25, 0.3) is 0 Å². The van der Waals surface area contributed by atoms with E-state index in [1.165, 1.54) is 0 Å². The molecule has 8 heteroatoms. The van der Waals surface area contributed by atoms with E-state index in [2.05, 4.69) is 15.5 Å². The molecule has 0 spiro atoms. The third-order valence-corrected chi connectivity index (χ3v) is 7.93. The van der Waals surface area contributed by atoms with Crippen molar-refractivity contribution in [3.05, 3.63) is 71.5 Å². The van der Waals surface area contributed by atoms with Gasteiger partial charge in [0.2, 0.25) is 0 Å². The number of rotatable bonds is 5. The summed E-state index contributed by atoms with van der Waals surface area (Å²) < 4.78 is 23.5. The van der Waals surface area contributed by atoms with E-state index in [4.69, 9.17) is 4.36 Å². The molecule has 1 fully saturated rings. The quantitative estimate of drug-likeness (QED) is 0.593. The van der Waals surface area contributed by atoms with Crippen LogP contribution in [0.15, 0.2) is 63.9 Å². The first kappa shape index (κ1) is 21.6. The first-order chi connectivity index (χ1) is 14.8. The molecule has 1 aromatic heterocycles. The molecule has 0 bridgehead atoms. The Labute approximate surface area is 184 Å². The maximum Gasteiger partial charge on any atom is 0.181 e. The van der Waals surface area contributed by atoms with Gasteiger partial charge in [-0.1, -0.05) is 48.0 Å². The molecule has 0 N–H and O–H groups in total. The number of nitrogens with zero attached hydrogens (tertiary/aromatic N) is 6. The molecule has 31 heavy (non-hydrogen) atoms. The monoisotopic (exact) mass is 438 g/mol. The Morgan fingerprint density at radius 2 is 1.65 bits per heavy atom. The van der Waals surface area contributed by atoms with Crippen molar-refractivity contribution < 1.29 is 4.21 Å². The van der Waals surface area contributed by atoms with E-state index in [1.54, 1.807) is 4.68 Å². The number of benzene rings is 2. The highest BCUT2D eigenvalue weighted by molar-refractivity contribution is 7.91. The summed E-state index contributed by atoms with van der Waals surface area (Å²) in [5.74, 6) is 0.596. The van der Waals surface area contributed by atoms with E-state index in [1.807, 2.05) is 86.6 Å². The SMILES string of the molecule is Cc1ccc(C(N=S(=O)(c2ccccc2)N2CCCC2)c2nnnn2C(C)(C)C)cc1. The third-order valence-electron chi connectivity index (χ3n) is 5.48. The Hall–Kier alpha value is -2.58. The second-order valence-corrected chi connectivity index (χ2v) is 11.2. The Kier molecular flexibility index (Phi) is 5.94. The van der Waals surface area contributed by atoms with Crippen molar-refractivity contribution in [1.82, 2.24) is 24.5 Å². The van der Waals surface area contributed by atoms with Crippen LogP contribution >= 0.6 is 0 Å². The van der Waals surface area contributed by atoms with Crippen molar-refractivity contribution in [3.8, 4) is 0 Å². The molecule has 3 aromatic rings. The lowest BCUT2D eigenvalue weighted by Gasteiger charge is -2.26. The first-order valence-corrected chi connectivity index (χ1v) is 12.2. The Balaban J connectivity index is 1.96. The van der Waals surface area contributed by atoms with E-state index in [-0.39, 0.29) is 5.54 Å². The molecule has 2 heterocycles. The minimum Gasteiger partial charge on any atom is -0.228 e. The molecule has 4 rings (SSSR count). The summed E-state index contributed by atoms with van der Waals surface area (Å²) in [4.78, 5) is 0.726. The van der Waals surface area contributed by atoms with Gasteiger partial charge in [-0.2, -0.15) is 0 Å². The van der Waals surface area contributed by atoms with Gasteiger partial charge in [-0.25, -0.2) is 17.6 Å². The number of hydrogen-bond acceptors (Lipinski definition) is 5. The van der Waals surface area contributed by atoms with Gasteiger partial charge in [-0.3, -0.25) is 0 Å².